The molecule has 0 saturated heterocycles. The van der Waals surface area contributed by atoms with Crippen LogP contribution in [-0.2, 0) is 16.0 Å². The second kappa shape index (κ2) is 10.9. The van der Waals surface area contributed by atoms with Crippen molar-refractivity contribution in [2.45, 2.75) is 26.2 Å². The number of aromatic nitrogens is 2. The molecule has 0 saturated carbocycles. The number of pyridine rings is 2. The molecule has 0 aliphatic carbocycles. The van der Waals surface area contributed by atoms with Gasteiger partial charge >= 0.3 is 5.97 Å². The number of nitrogens with zero attached hydrogens (tertiary/aromatic N) is 2. The number of ether oxygens (including phenoxy) is 2. The van der Waals surface area contributed by atoms with E-state index in [0.717, 1.165) is 22.4 Å². The second-order valence-electron chi connectivity index (χ2n) is 6.73. The van der Waals surface area contributed by atoms with Gasteiger partial charge in [-0.15, -0.1) is 0 Å². The molecule has 0 atom stereocenters. The lowest BCUT2D eigenvalue weighted by Crippen LogP contribution is -2.04. The number of esters is 1. The first-order valence-electron chi connectivity index (χ1n) is 10.0. The quantitative estimate of drug-likeness (QED) is 0.415. The summed E-state index contributed by atoms with van der Waals surface area (Å²) in [6.45, 7) is 2.19. The summed E-state index contributed by atoms with van der Waals surface area (Å²) in [7, 11) is 1.55. The number of aryl methyl sites for hydroxylation is 1. The molecule has 3 aromatic rings. The number of hydrogen-bond donors (Lipinski definition) is 0. The van der Waals surface area contributed by atoms with Gasteiger partial charge in [0.05, 0.1) is 13.7 Å². The maximum Gasteiger partial charge on any atom is 0.305 e. The van der Waals surface area contributed by atoms with E-state index in [2.05, 4.69) is 21.8 Å². The third-order valence-corrected chi connectivity index (χ3v) is 4.52. The first-order valence-corrected chi connectivity index (χ1v) is 10.0. The van der Waals surface area contributed by atoms with Crippen molar-refractivity contribution in [2.75, 3.05) is 13.7 Å². The van der Waals surface area contributed by atoms with Crippen LogP contribution in [0.3, 0.4) is 0 Å². The first-order chi connectivity index (χ1) is 15.1. The van der Waals surface area contributed by atoms with Crippen LogP contribution in [0.5, 0.6) is 5.88 Å². The molecule has 1 aromatic carbocycles. The van der Waals surface area contributed by atoms with Crippen molar-refractivity contribution >= 4 is 5.97 Å². The number of carbonyl (C=O) groups excluding carboxylic acids is 1. The van der Waals surface area contributed by atoms with E-state index in [9.17, 15) is 9.18 Å². The lowest BCUT2D eigenvalue weighted by Gasteiger charge is -2.06. The van der Waals surface area contributed by atoms with Gasteiger partial charge in [-0.25, -0.2) is 9.37 Å². The third-order valence-electron chi connectivity index (χ3n) is 4.52. The van der Waals surface area contributed by atoms with Crippen LogP contribution in [0.2, 0.25) is 0 Å². The number of methoxy groups -OCH3 is 1. The van der Waals surface area contributed by atoms with Gasteiger partial charge in [0.1, 0.15) is 5.82 Å². The Labute approximate surface area is 181 Å². The van der Waals surface area contributed by atoms with E-state index in [-0.39, 0.29) is 11.8 Å². The van der Waals surface area contributed by atoms with Crippen LogP contribution in [0.4, 0.5) is 4.39 Å². The molecule has 5 nitrogen and oxygen atoms in total. The molecule has 0 aliphatic heterocycles. The first kappa shape index (κ1) is 22.0. The molecule has 0 fully saturated rings. The Bertz CT molecular complexity index is 1080. The van der Waals surface area contributed by atoms with Crippen molar-refractivity contribution in [3.05, 3.63) is 77.5 Å². The van der Waals surface area contributed by atoms with Crippen LogP contribution in [-0.4, -0.2) is 29.7 Å². The molecule has 2 heterocycles. The van der Waals surface area contributed by atoms with Gasteiger partial charge in [0.25, 0.3) is 0 Å². The average molecular weight is 418 g/mol. The van der Waals surface area contributed by atoms with Crippen LogP contribution >= 0.6 is 0 Å². The molecule has 6 heteroatoms. The Morgan fingerprint density at radius 1 is 1.06 bits per heavy atom. The standard InChI is InChI=1S/C25H23FN2O3/c1-3-31-25(29)6-4-5-22-12-8-18(16-27-22)7-9-19-15-21(26)11-13-23(19)20-10-14-24(30-2)28-17-20/h8,10-17H,3-6H2,1-2H3. The highest BCUT2D eigenvalue weighted by Gasteiger charge is 2.07. The summed E-state index contributed by atoms with van der Waals surface area (Å²) in [6.07, 6.45) is 5.09. The third kappa shape index (κ3) is 6.38. The van der Waals surface area contributed by atoms with E-state index in [4.69, 9.17) is 9.47 Å². The maximum atomic E-state index is 13.8. The number of halogens is 1. The highest BCUT2D eigenvalue weighted by atomic mass is 19.1. The topological polar surface area (TPSA) is 61.3 Å². The molecule has 0 spiro atoms. The smallest absolute Gasteiger partial charge is 0.305 e. The van der Waals surface area contributed by atoms with Crippen LogP contribution < -0.4 is 4.74 Å². The van der Waals surface area contributed by atoms with E-state index in [1.165, 1.54) is 12.1 Å². The molecule has 0 bridgehead atoms. The van der Waals surface area contributed by atoms with Crippen LogP contribution in [0.1, 0.15) is 36.6 Å². The Morgan fingerprint density at radius 3 is 2.61 bits per heavy atom. The zero-order valence-electron chi connectivity index (χ0n) is 17.5. The van der Waals surface area contributed by atoms with Crippen molar-refractivity contribution in [2.24, 2.45) is 0 Å². The normalized spacial score (nSPS) is 10.2. The molecule has 0 aliphatic rings. The van der Waals surface area contributed by atoms with Crippen LogP contribution in [0, 0.1) is 17.7 Å². The summed E-state index contributed by atoms with van der Waals surface area (Å²) in [5.41, 5.74) is 3.76. The minimum Gasteiger partial charge on any atom is -0.481 e. The second-order valence-corrected chi connectivity index (χ2v) is 6.73. The van der Waals surface area contributed by atoms with E-state index in [1.807, 2.05) is 18.2 Å². The van der Waals surface area contributed by atoms with E-state index in [0.29, 0.717) is 37.3 Å². The summed E-state index contributed by atoms with van der Waals surface area (Å²) in [4.78, 5) is 20.0. The lowest BCUT2D eigenvalue weighted by atomic mass is 10.0. The fraction of sp³-hybridized carbons (Fsp3) is 0.240. The van der Waals surface area contributed by atoms with Gasteiger partial charge in [-0.2, -0.15) is 0 Å². The molecule has 0 N–H and O–H groups in total. The summed E-state index contributed by atoms with van der Waals surface area (Å²) in [6, 6.07) is 11.9. The number of rotatable bonds is 7. The molecule has 158 valence electrons. The molecular formula is C25H23FN2O3. The molecule has 31 heavy (non-hydrogen) atoms. The Hall–Kier alpha value is -3.72. The van der Waals surface area contributed by atoms with Gasteiger partial charge in [-0.1, -0.05) is 17.9 Å². The Kier molecular flexibility index (Phi) is 7.72. The molecule has 0 unspecified atom stereocenters. The van der Waals surface area contributed by atoms with Gasteiger partial charge in [-0.3, -0.25) is 9.78 Å². The summed E-state index contributed by atoms with van der Waals surface area (Å²) >= 11 is 0. The fourth-order valence-electron chi connectivity index (χ4n) is 2.96. The maximum absolute atomic E-state index is 13.8. The van der Waals surface area contributed by atoms with Crippen LogP contribution in [0.15, 0.2) is 54.9 Å². The van der Waals surface area contributed by atoms with Gasteiger partial charge in [0.2, 0.25) is 5.88 Å². The lowest BCUT2D eigenvalue weighted by molar-refractivity contribution is -0.143. The zero-order chi connectivity index (χ0) is 22.1. The minimum absolute atomic E-state index is 0.192. The molecule has 0 amide bonds. The molecule has 2 aromatic heterocycles. The molecular weight excluding hydrogens is 395 g/mol. The van der Waals surface area contributed by atoms with Crippen molar-refractivity contribution in [1.82, 2.24) is 9.97 Å². The zero-order valence-corrected chi connectivity index (χ0v) is 17.5. The highest BCUT2D eigenvalue weighted by molar-refractivity contribution is 5.71. The van der Waals surface area contributed by atoms with Crippen molar-refractivity contribution < 1.29 is 18.7 Å². The molecule has 3 rings (SSSR count). The number of carbonyl (C=O) groups is 1. The number of benzene rings is 1. The minimum atomic E-state index is -0.357. The van der Waals surface area contributed by atoms with Crippen molar-refractivity contribution in [3.63, 3.8) is 0 Å². The Morgan fingerprint density at radius 2 is 1.94 bits per heavy atom. The SMILES string of the molecule is CCOC(=O)CCCc1ccc(C#Cc2cc(F)ccc2-c2ccc(OC)nc2)cn1. The summed E-state index contributed by atoms with van der Waals surface area (Å²) in [5.74, 6) is 6.04. The van der Waals surface area contributed by atoms with Crippen molar-refractivity contribution in [1.29, 1.82) is 0 Å². The largest absolute Gasteiger partial charge is 0.481 e. The predicted octanol–water partition coefficient (Wildman–Crippen LogP) is 4.58. The molecule has 0 radical (unpaired) electrons. The van der Waals surface area contributed by atoms with Gasteiger partial charge < -0.3 is 9.47 Å². The average Bonchev–Trinajstić information content (AvgIpc) is 2.79. The fourth-order valence-corrected chi connectivity index (χ4v) is 2.96. The van der Waals surface area contributed by atoms with Gasteiger partial charge in [0, 0.05) is 47.3 Å². The Balaban J connectivity index is 1.72. The highest BCUT2D eigenvalue weighted by Crippen LogP contribution is 2.25. The number of hydrogen-bond acceptors (Lipinski definition) is 5. The predicted molar refractivity (Wildman–Crippen MR) is 116 cm³/mol. The van der Waals surface area contributed by atoms with Gasteiger partial charge in [-0.05, 0) is 55.7 Å². The van der Waals surface area contributed by atoms with Crippen LogP contribution in [0.25, 0.3) is 11.1 Å². The van der Waals surface area contributed by atoms with E-state index >= 15 is 0 Å². The van der Waals surface area contributed by atoms with Crippen molar-refractivity contribution in [3.8, 4) is 28.8 Å². The summed E-state index contributed by atoms with van der Waals surface area (Å²) in [5, 5.41) is 0. The van der Waals surface area contributed by atoms with E-state index < -0.39 is 0 Å². The van der Waals surface area contributed by atoms with Gasteiger partial charge in [0.15, 0.2) is 0 Å². The summed E-state index contributed by atoms with van der Waals surface area (Å²) < 4.78 is 23.8. The van der Waals surface area contributed by atoms with E-state index in [1.54, 1.807) is 38.6 Å². The monoisotopic (exact) mass is 418 g/mol.